The molecule has 0 aliphatic heterocycles. The highest BCUT2D eigenvalue weighted by Gasteiger charge is 2.36. The standard InChI is InChI=1S/C9H22N2O3Si/c1-9(10)8-11-6-5-7-15(12-2,13-3)14-4/h11H,1,5-8,10H2,2-4H3. The molecule has 0 bridgehead atoms. The largest absolute Gasteiger partial charge is 0.500 e. The van der Waals surface area contributed by atoms with Gasteiger partial charge < -0.3 is 24.3 Å². The molecule has 5 nitrogen and oxygen atoms in total. The molecule has 0 aromatic heterocycles. The first-order valence-corrected chi connectivity index (χ1v) is 6.83. The van der Waals surface area contributed by atoms with Gasteiger partial charge in [0.25, 0.3) is 0 Å². The van der Waals surface area contributed by atoms with Crippen molar-refractivity contribution in [3.8, 4) is 0 Å². The Morgan fingerprint density at radius 2 is 1.80 bits per heavy atom. The van der Waals surface area contributed by atoms with Crippen LogP contribution in [-0.2, 0) is 13.3 Å². The van der Waals surface area contributed by atoms with Gasteiger partial charge in [-0.05, 0) is 13.0 Å². The van der Waals surface area contributed by atoms with Crippen LogP contribution in [0.15, 0.2) is 12.3 Å². The molecule has 0 rings (SSSR count). The summed E-state index contributed by atoms with van der Waals surface area (Å²) in [4.78, 5) is 0. The molecule has 0 aliphatic carbocycles. The van der Waals surface area contributed by atoms with E-state index in [4.69, 9.17) is 19.0 Å². The molecule has 0 spiro atoms. The van der Waals surface area contributed by atoms with Gasteiger partial charge in [-0.1, -0.05) is 6.58 Å². The van der Waals surface area contributed by atoms with Crippen molar-refractivity contribution in [3.05, 3.63) is 12.3 Å². The van der Waals surface area contributed by atoms with E-state index in [0.717, 1.165) is 19.0 Å². The van der Waals surface area contributed by atoms with Gasteiger partial charge in [0, 0.05) is 39.6 Å². The number of nitrogens with one attached hydrogen (secondary N) is 1. The van der Waals surface area contributed by atoms with Crippen LogP contribution in [0.4, 0.5) is 0 Å². The van der Waals surface area contributed by atoms with Crippen molar-refractivity contribution in [3.63, 3.8) is 0 Å². The SMILES string of the molecule is C=C(N)CNCCC[Si](OC)(OC)OC. The van der Waals surface area contributed by atoms with Crippen LogP contribution in [0, 0.1) is 0 Å². The van der Waals surface area contributed by atoms with Gasteiger partial charge in [-0.3, -0.25) is 0 Å². The Labute approximate surface area is 93.0 Å². The number of rotatable bonds is 9. The first kappa shape index (κ1) is 14.6. The Morgan fingerprint density at radius 3 is 2.20 bits per heavy atom. The van der Waals surface area contributed by atoms with Crippen LogP contribution in [-0.4, -0.2) is 43.2 Å². The maximum Gasteiger partial charge on any atom is 0.500 e. The van der Waals surface area contributed by atoms with Gasteiger partial charge in [0.2, 0.25) is 0 Å². The van der Waals surface area contributed by atoms with Crippen LogP contribution >= 0.6 is 0 Å². The summed E-state index contributed by atoms with van der Waals surface area (Å²) >= 11 is 0. The maximum atomic E-state index is 5.42. The lowest BCUT2D eigenvalue weighted by Gasteiger charge is -2.24. The van der Waals surface area contributed by atoms with E-state index >= 15 is 0 Å². The van der Waals surface area contributed by atoms with E-state index in [-0.39, 0.29) is 0 Å². The Balaban J connectivity index is 3.67. The van der Waals surface area contributed by atoms with Crippen molar-refractivity contribution in [2.45, 2.75) is 12.5 Å². The molecule has 0 fully saturated rings. The van der Waals surface area contributed by atoms with Gasteiger partial charge in [-0.25, -0.2) is 0 Å². The lowest BCUT2D eigenvalue weighted by atomic mass is 10.4. The normalized spacial score (nSPS) is 11.7. The molecular formula is C9H22N2O3Si. The van der Waals surface area contributed by atoms with E-state index in [0.29, 0.717) is 12.2 Å². The fraction of sp³-hybridized carbons (Fsp3) is 0.778. The molecule has 90 valence electrons. The quantitative estimate of drug-likeness (QED) is 0.444. The van der Waals surface area contributed by atoms with Gasteiger partial charge >= 0.3 is 8.80 Å². The van der Waals surface area contributed by atoms with Gasteiger partial charge in [0.15, 0.2) is 0 Å². The fourth-order valence-electron chi connectivity index (χ4n) is 1.24. The third-order valence-corrected chi connectivity index (χ3v) is 4.95. The van der Waals surface area contributed by atoms with E-state index in [1.54, 1.807) is 21.3 Å². The monoisotopic (exact) mass is 234 g/mol. The van der Waals surface area contributed by atoms with Crippen LogP contribution in [0.2, 0.25) is 6.04 Å². The van der Waals surface area contributed by atoms with Crippen LogP contribution in [0.25, 0.3) is 0 Å². The summed E-state index contributed by atoms with van der Waals surface area (Å²) in [6.45, 7) is 5.09. The maximum absolute atomic E-state index is 5.42. The molecule has 0 aromatic rings. The van der Waals surface area contributed by atoms with E-state index in [1.807, 2.05) is 0 Å². The molecule has 0 aromatic carbocycles. The molecule has 0 aliphatic rings. The smallest absolute Gasteiger partial charge is 0.401 e. The molecule has 0 heterocycles. The minimum absolute atomic E-state index is 0.640. The molecule has 15 heavy (non-hydrogen) atoms. The zero-order chi connectivity index (χ0) is 11.7. The number of hydrogen-bond acceptors (Lipinski definition) is 5. The van der Waals surface area contributed by atoms with Crippen molar-refractivity contribution in [1.29, 1.82) is 0 Å². The van der Waals surface area contributed by atoms with Gasteiger partial charge in [0.05, 0.1) is 0 Å². The first-order chi connectivity index (χ1) is 7.10. The van der Waals surface area contributed by atoms with Crippen LogP contribution in [0.5, 0.6) is 0 Å². The molecule has 0 saturated carbocycles. The Kier molecular flexibility index (Phi) is 7.62. The molecule has 0 radical (unpaired) electrons. The van der Waals surface area contributed by atoms with E-state index in [9.17, 15) is 0 Å². The third kappa shape index (κ3) is 5.91. The van der Waals surface area contributed by atoms with E-state index in [2.05, 4.69) is 11.9 Å². The number of nitrogens with two attached hydrogens (primary N) is 1. The molecule has 6 heteroatoms. The summed E-state index contributed by atoms with van der Waals surface area (Å²) in [5.41, 5.74) is 6.06. The molecular weight excluding hydrogens is 212 g/mol. The van der Waals surface area contributed by atoms with Gasteiger partial charge in [0.1, 0.15) is 0 Å². The summed E-state index contributed by atoms with van der Waals surface area (Å²) in [5, 5.41) is 3.16. The predicted molar refractivity (Wildman–Crippen MR) is 62.4 cm³/mol. The highest BCUT2D eigenvalue weighted by molar-refractivity contribution is 6.60. The average molecular weight is 234 g/mol. The van der Waals surface area contributed by atoms with E-state index < -0.39 is 8.80 Å². The molecule has 0 saturated heterocycles. The number of hydrogen-bond donors (Lipinski definition) is 2. The Hall–Kier alpha value is -0.403. The zero-order valence-corrected chi connectivity index (χ0v) is 10.8. The van der Waals surface area contributed by atoms with Crippen molar-refractivity contribution in [1.82, 2.24) is 5.32 Å². The average Bonchev–Trinajstić information content (AvgIpc) is 2.24. The molecule has 0 unspecified atom stereocenters. The Bertz CT molecular complexity index is 178. The highest BCUT2D eigenvalue weighted by atomic mass is 28.4. The summed E-state index contributed by atoms with van der Waals surface area (Å²) in [6, 6.07) is 0.792. The summed E-state index contributed by atoms with van der Waals surface area (Å²) in [6.07, 6.45) is 0.926. The third-order valence-electron chi connectivity index (χ3n) is 2.12. The van der Waals surface area contributed by atoms with Crippen LogP contribution in [0.1, 0.15) is 6.42 Å². The predicted octanol–water partition coefficient (Wildman–Crippen LogP) is 0.317. The summed E-state index contributed by atoms with van der Waals surface area (Å²) in [7, 11) is 2.47. The zero-order valence-electron chi connectivity index (χ0n) is 9.84. The molecule has 0 amide bonds. The minimum atomic E-state index is -2.39. The second-order valence-electron chi connectivity index (χ2n) is 3.23. The first-order valence-electron chi connectivity index (χ1n) is 4.89. The van der Waals surface area contributed by atoms with Crippen LogP contribution in [0.3, 0.4) is 0 Å². The Morgan fingerprint density at radius 1 is 1.27 bits per heavy atom. The molecule has 3 N–H and O–H groups in total. The van der Waals surface area contributed by atoms with Gasteiger partial charge in [-0.2, -0.15) is 0 Å². The minimum Gasteiger partial charge on any atom is -0.401 e. The molecule has 0 atom stereocenters. The van der Waals surface area contributed by atoms with Crippen LogP contribution < -0.4 is 11.1 Å². The fourth-order valence-corrected chi connectivity index (χ4v) is 2.96. The van der Waals surface area contributed by atoms with Crippen molar-refractivity contribution in [2.75, 3.05) is 34.4 Å². The highest BCUT2D eigenvalue weighted by Crippen LogP contribution is 2.14. The summed E-state index contributed by atoms with van der Waals surface area (Å²) in [5.74, 6) is 0. The van der Waals surface area contributed by atoms with Crippen molar-refractivity contribution in [2.24, 2.45) is 5.73 Å². The lowest BCUT2D eigenvalue weighted by molar-refractivity contribution is 0.123. The second kappa shape index (κ2) is 7.83. The summed E-state index contributed by atoms with van der Waals surface area (Å²) < 4.78 is 15.9. The van der Waals surface area contributed by atoms with Crippen molar-refractivity contribution < 1.29 is 13.3 Å². The lowest BCUT2D eigenvalue weighted by Crippen LogP contribution is -2.43. The van der Waals surface area contributed by atoms with Crippen molar-refractivity contribution >= 4 is 8.80 Å². The van der Waals surface area contributed by atoms with Gasteiger partial charge in [-0.15, -0.1) is 0 Å². The second-order valence-corrected chi connectivity index (χ2v) is 6.32. The van der Waals surface area contributed by atoms with E-state index in [1.165, 1.54) is 0 Å². The topological polar surface area (TPSA) is 65.7 Å².